The third-order valence-corrected chi connectivity index (χ3v) is 4.16. The number of amides is 1. The normalized spacial score (nSPS) is 17.6. The van der Waals surface area contributed by atoms with Crippen molar-refractivity contribution in [1.29, 1.82) is 0 Å². The average molecular weight is 356 g/mol. The number of carbonyl (C=O) groups is 1. The second-order valence-electron chi connectivity index (χ2n) is 7.08. The Morgan fingerprint density at radius 2 is 1.84 bits per heavy atom. The van der Waals surface area contributed by atoms with Gasteiger partial charge < -0.3 is 20.7 Å². The van der Waals surface area contributed by atoms with E-state index in [0.717, 1.165) is 45.4 Å². The third-order valence-electron chi connectivity index (χ3n) is 4.16. The predicted molar refractivity (Wildman–Crippen MR) is 103 cm³/mol. The molecule has 1 amide bonds. The zero-order valence-electron chi connectivity index (χ0n) is 16.6. The van der Waals surface area contributed by atoms with E-state index in [4.69, 9.17) is 9.73 Å². The molecular weight excluding hydrogens is 318 g/mol. The van der Waals surface area contributed by atoms with E-state index < -0.39 is 0 Å². The van der Waals surface area contributed by atoms with Gasteiger partial charge in [0.1, 0.15) is 0 Å². The lowest BCUT2D eigenvalue weighted by Gasteiger charge is -2.36. The second kappa shape index (κ2) is 12.1. The van der Waals surface area contributed by atoms with Crippen LogP contribution in [0.25, 0.3) is 0 Å². The summed E-state index contributed by atoms with van der Waals surface area (Å²) in [4.78, 5) is 18.9. The molecule has 1 unspecified atom stereocenters. The minimum atomic E-state index is 0.0618. The van der Waals surface area contributed by atoms with Crippen LogP contribution in [0.3, 0.4) is 0 Å². The summed E-state index contributed by atoms with van der Waals surface area (Å²) in [6.07, 6.45) is 0.444. The Kier molecular flexibility index (Phi) is 10.5. The third kappa shape index (κ3) is 9.07. The number of rotatable bonds is 9. The van der Waals surface area contributed by atoms with Crippen LogP contribution in [-0.2, 0) is 9.53 Å². The molecule has 1 aliphatic heterocycles. The predicted octanol–water partition coefficient (Wildman–Crippen LogP) is 0.813. The van der Waals surface area contributed by atoms with Crippen molar-refractivity contribution in [1.82, 2.24) is 20.9 Å². The van der Waals surface area contributed by atoms with Crippen molar-refractivity contribution in [3.05, 3.63) is 0 Å². The van der Waals surface area contributed by atoms with Crippen LogP contribution in [-0.4, -0.2) is 74.8 Å². The van der Waals surface area contributed by atoms with E-state index in [9.17, 15) is 4.79 Å². The number of hydrogen-bond donors (Lipinski definition) is 3. The monoisotopic (exact) mass is 355 g/mol. The van der Waals surface area contributed by atoms with Crippen LogP contribution in [0.5, 0.6) is 0 Å². The molecule has 7 heteroatoms. The molecule has 0 spiro atoms. The number of carbonyl (C=O) groups excluding carboxylic acids is 1. The van der Waals surface area contributed by atoms with Gasteiger partial charge in [-0.25, -0.2) is 0 Å². The number of nitrogens with zero attached hydrogens (tertiary/aromatic N) is 2. The van der Waals surface area contributed by atoms with Crippen LogP contribution in [0.2, 0.25) is 0 Å². The Labute approximate surface area is 153 Å². The lowest BCUT2D eigenvalue weighted by molar-refractivity contribution is -0.121. The van der Waals surface area contributed by atoms with Crippen molar-refractivity contribution in [3.63, 3.8) is 0 Å². The molecule has 1 saturated heterocycles. The van der Waals surface area contributed by atoms with Gasteiger partial charge in [-0.05, 0) is 26.7 Å². The van der Waals surface area contributed by atoms with Gasteiger partial charge in [0.05, 0.1) is 19.8 Å². The molecule has 0 aromatic rings. The van der Waals surface area contributed by atoms with Crippen LogP contribution >= 0.6 is 0 Å². The molecule has 1 rings (SSSR count). The van der Waals surface area contributed by atoms with E-state index >= 15 is 0 Å². The van der Waals surface area contributed by atoms with Crippen molar-refractivity contribution in [2.45, 2.75) is 53.1 Å². The molecule has 0 aliphatic carbocycles. The topological polar surface area (TPSA) is 78.0 Å². The molecule has 25 heavy (non-hydrogen) atoms. The Balaban J connectivity index is 2.52. The molecule has 0 radical (unpaired) electrons. The largest absolute Gasteiger partial charge is 0.379 e. The summed E-state index contributed by atoms with van der Waals surface area (Å²) in [5, 5.41) is 9.41. The smallest absolute Gasteiger partial charge is 0.221 e. The number of aliphatic imine (C=N–C) groups is 1. The summed E-state index contributed by atoms with van der Waals surface area (Å²) in [6, 6.07) is 0.582. The molecule has 1 heterocycles. The molecule has 1 aliphatic rings. The maximum Gasteiger partial charge on any atom is 0.221 e. The van der Waals surface area contributed by atoms with Gasteiger partial charge in [-0.2, -0.15) is 0 Å². The number of morpholine rings is 1. The van der Waals surface area contributed by atoms with E-state index in [0.29, 0.717) is 24.9 Å². The van der Waals surface area contributed by atoms with E-state index in [2.05, 4.69) is 34.7 Å². The number of nitrogens with one attached hydrogen (secondary N) is 3. The molecule has 1 atom stereocenters. The highest BCUT2D eigenvalue weighted by molar-refractivity contribution is 5.81. The van der Waals surface area contributed by atoms with Crippen LogP contribution < -0.4 is 16.0 Å². The zero-order valence-corrected chi connectivity index (χ0v) is 16.6. The van der Waals surface area contributed by atoms with E-state index in [-0.39, 0.29) is 11.9 Å². The lowest BCUT2D eigenvalue weighted by Crippen LogP contribution is -2.48. The van der Waals surface area contributed by atoms with Crippen molar-refractivity contribution >= 4 is 11.9 Å². The van der Waals surface area contributed by atoms with Crippen molar-refractivity contribution in [3.8, 4) is 0 Å². The fourth-order valence-corrected chi connectivity index (χ4v) is 2.87. The van der Waals surface area contributed by atoms with Crippen LogP contribution in [0.4, 0.5) is 0 Å². The van der Waals surface area contributed by atoms with Gasteiger partial charge >= 0.3 is 0 Å². The molecule has 3 N–H and O–H groups in total. The number of ether oxygens (including phenoxy) is 1. The first-order valence-corrected chi connectivity index (χ1v) is 9.57. The molecule has 0 bridgehead atoms. The first kappa shape index (κ1) is 21.7. The summed E-state index contributed by atoms with van der Waals surface area (Å²) in [7, 11) is 0. The van der Waals surface area contributed by atoms with Gasteiger partial charge in [0.15, 0.2) is 5.96 Å². The number of guanidine groups is 1. The number of hydrogen-bond acceptors (Lipinski definition) is 4. The van der Waals surface area contributed by atoms with Gasteiger partial charge in [0.2, 0.25) is 5.91 Å². The Hall–Kier alpha value is -1.34. The second-order valence-corrected chi connectivity index (χ2v) is 7.08. The molecule has 7 nitrogen and oxygen atoms in total. The zero-order chi connectivity index (χ0) is 18.7. The van der Waals surface area contributed by atoms with E-state index in [1.54, 1.807) is 0 Å². The molecular formula is C18H37N5O2. The Bertz CT molecular complexity index is 406. The van der Waals surface area contributed by atoms with Gasteiger partial charge in [-0.1, -0.05) is 13.8 Å². The SMILES string of the molecule is CCNC(=NCC(C(C)C)N1CCOCC1)NCCC(=O)NC(C)C. The quantitative estimate of drug-likeness (QED) is 0.421. The van der Waals surface area contributed by atoms with Gasteiger partial charge in [-0.3, -0.25) is 14.7 Å². The summed E-state index contributed by atoms with van der Waals surface area (Å²) in [5.74, 6) is 1.37. The van der Waals surface area contributed by atoms with Gasteiger partial charge in [-0.15, -0.1) is 0 Å². The highest BCUT2D eigenvalue weighted by Crippen LogP contribution is 2.13. The fourth-order valence-electron chi connectivity index (χ4n) is 2.87. The first-order chi connectivity index (χ1) is 11.9. The standard InChI is InChI=1S/C18H37N5O2/c1-6-19-18(20-8-7-17(24)22-15(4)5)21-13-16(14(2)3)23-9-11-25-12-10-23/h14-16H,6-13H2,1-5H3,(H,22,24)(H2,19,20,21). The van der Waals surface area contributed by atoms with Gasteiger partial charge in [0, 0.05) is 44.7 Å². The summed E-state index contributed by atoms with van der Waals surface area (Å²) >= 11 is 0. The molecule has 1 fully saturated rings. The minimum Gasteiger partial charge on any atom is -0.379 e. The highest BCUT2D eigenvalue weighted by atomic mass is 16.5. The summed E-state index contributed by atoms with van der Waals surface area (Å²) in [6.45, 7) is 16.1. The Morgan fingerprint density at radius 3 is 2.40 bits per heavy atom. The first-order valence-electron chi connectivity index (χ1n) is 9.57. The van der Waals surface area contributed by atoms with Gasteiger partial charge in [0.25, 0.3) is 0 Å². The molecule has 146 valence electrons. The lowest BCUT2D eigenvalue weighted by atomic mass is 10.0. The fraction of sp³-hybridized carbons (Fsp3) is 0.889. The molecule has 0 aromatic heterocycles. The Morgan fingerprint density at radius 1 is 1.16 bits per heavy atom. The maximum absolute atomic E-state index is 11.7. The van der Waals surface area contributed by atoms with Crippen molar-refractivity contribution in [2.24, 2.45) is 10.9 Å². The summed E-state index contributed by atoms with van der Waals surface area (Å²) in [5.41, 5.74) is 0. The maximum atomic E-state index is 11.7. The van der Waals surface area contributed by atoms with Crippen molar-refractivity contribution < 1.29 is 9.53 Å². The van der Waals surface area contributed by atoms with Crippen molar-refractivity contribution in [2.75, 3.05) is 45.9 Å². The molecule has 0 aromatic carbocycles. The van der Waals surface area contributed by atoms with Crippen LogP contribution in [0.15, 0.2) is 4.99 Å². The summed E-state index contributed by atoms with van der Waals surface area (Å²) < 4.78 is 5.46. The molecule has 0 saturated carbocycles. The van der Waals surface area contributed by atoms with Crippen LogP contribution in [0.1, 0.15) is 41.0 Å². The average Bonchev–Trinajstić information content (AvgIpc) is 2.55. The minimum absolute atomic E-state index is 0.0618. The van der Waals surface area contributed by atoms with E-state index in [1.807, 2.05) is 20.8 Å². The van der Waals surface area contributed by atoms with Crippen LogP contribution in [0, 0.1) is 5.92 Å². The van der Waals surface area contributed by atoms with E-state index in [1.165, 1.54) is 0 Å². The highest BCUT2D eigenvalue weighted by Gasteiger charge is 2.23.